The number of nitrogens with zero attached hydrogens (tertiary/aromatic N) is 2. The fraction of sp³-hybridized carbons (Fsp3) is 0.647. The van der Waals surface area contributed by atoms with Crippen molar-refractivity contribution in [3.8, 4) is 0 Å². The van der Waals surface area contributed by atoms with Crippen LogP contribution in [-0.4, -0.2) is 44.7 Å². The van der Waals surface area contributed by atoms with Gasteiger partial charge in [0.05, 0.1) is 0 Å². The summed E-state index contributed by atoms with van der Waals surface area (Å²) in [5.41, 5.74) is 8.20. The lowest BCUT2D eigenvalue weighted by atomic mass is 10.0. The molecule has 0 amide bonds. The van der Waals surface area contributed by atoms with Crippen LogP contribution in [0, 0.1) is 11.7 Å². The van der Waals surface area contributed by atoms with Crippen LogP contribution < -0.4 is 10.6 Å². The van der Waals surface area contributed by atoms with Gasteiger partial charge in [-0.15, -0.1) is 0 Å². The Morgan fingerprint density at radius 2 is 2.24 bits per heavy atom. The Bertz CT molecular complexity index is 463. The molecule has 0 radical (unpaired) electrons. The van der Waals surface area contributed by atoms with Crippen LogP contribution in [-0.2, 0) is 6.42 Å². The molecule has 0 saturated carbocycles. The highest BCUT2D eigenvalue weighted by Gasteiger charge is 2.22. The van der Waals surface area contributed by atoms with Crippen LogP contribution in [0.2, 0.25) is 0 Å². The van der Waals surface area contributed by atoms with Crippen LogP contribution in [0.25, 0.3) is 0 Å². The van der Waals surface area contributed by atoms with E-state index >= 15 is 0 Å². The zero-order chi connectivity index (χ0) is 15.4. The normalized spacial score (nSPS) is 20.7. The van der Waals surface area contributed by atoms with E-state index in [4.69, 9.17) is 5.73 Å². The first kappa shape index (κ1) is 16.2. The number of anilines is 1. The third-order valence-corrected chi connectivity index (χ3v) is 4.48. The van der Waals surface area contributed by atoms with Crippen LogP contribution in [0.15, 0.2) is 18.2 Å². The third-order valence-electron chi connectivity index (χ3n) is 4.48. The number of benzene rings is 1. The minimum atomic E-state index is -0.175. The molecule has 1 aromatic carbocycles. The Kier molecular flexibility index (Phi) is 5.59. The van der Waals surface area contributed by atoms with Crippen LogP contribution in [0.5, 0.6) is 0 Å². The molecule has 1 fully saturated rings. The zero-order valence-corrected chi connectivity index (χ0v) is 13.5. The van der Waals surface area contributed by atoms with Crippen molar-refractivity contribution < 1.29 is 4.39 Å². The molecule has 4 heteroatoms. The molecule has 1 aromatic rings. The van der Waals surface area contributed by atoms with Crippen molar-refractivity contribution in [3.63, 3.8) is 0 Å². The van der Waals surface area contributed by atoms with Gasteiger partial charge < -0.3 is 15.5 Å². The molecule has 2 atom stereocenters. The number of rotatable bonds is 6. The number of halogens is 1. The lowest BCUT2D eigenvalue weighted by Crippen LogP contribution is -2.29. The Morgan fingerprint density at radius 1 is 1.48 bits per heavy atom. The van der Waals surface area contributed by atoms with E-state index in [0.29, 0.717) is 5.92 Å². The second-order valence-corrected chi connectivity index (χ2v) is 6.44. The molecule has 2 N–H and O–H groups in total. The molecule has 3 nitrogen and oxygen atoms in total. The van der Waals surface area contributed by atoms with Crippen molar-refractivity contribution >= 4 is 5.69 Å². The number of likely N-dealkylation sites (tertiary alicyclic amines) is 1. The highest BCUT2D eigenvalue weighted by Crippen LogP contribution is 2.25. The molecular formula is C17H28FN3. The molecule has 21 heavy (non-hydrogen) atoms. The number of nitrogens with two attached hydrogens (primary N) is 1. The van der Waals surface area contributed by atoms with Crippen molar-refractivity contribution in [2.45, 2.75) is 32.2 Å². The molecule has 0 aliphatic carbocycles. The molecule has 2 unspecified atom stereocenters. The molecule has 0 bridgehead atoms. The Hall–Kier alpha value is -1.13. The van der Waals surface area contributed by atoms with E-state index in [2.05, 4.69) is 30.8 Å². The third kappa shape index (κ3) is 4.42. The van der Waals surface area contributed by atoms with Crippen LogP contribution in [0.1, 0.15) is 25.3 Å². The lowest BCUT2D eigenvalue weighted by molar-refractivity contribution is 0.396. The monoisotopic (exact) mass is 293 g/mol. The lowest BCUT2D eigenvalue weighted by Gasteiger charge is -2.26. The molecular weight excluding hydrogens is 265 g/mol. The molecule has 0 spiro atoms. The van der Waals surface area contributed by atoms with Crippen molar-refractivity contribution in [1.82, 2.24) is 4.90 Å². The molecule has 1 aliphatic rings. The summed E-state index contributed by atoms with van der Waals surface area (Å²) in [4.78, 5) is 4.64. The van der Waals surface area contributed by atoms with E-state index in [1.54, 1.807) is 12.1 Å². The summed E-state index contributed by atoms with van der Waals surface area (Å²) in [5.74, 6) is 0.517. The van der Waals surface area contributed by atoms with Gasteiger partial charge in [-0.2, -0.15) is 0 Å². The van der Waals surface area contributed by atoms with Gasteiger partial charge in [0.15, 0.2) is 0 Å². The Morgan fingerprint density at radius 3 is 2.86 bits per heavy atom. The molecule has 2 rings (SSSR count). The van der Waals surface area contributed by atoms with Crippen molar-refractivity contribution in [2.24, 2.45) is 11.7 Å². The number of hydrogen-bond donors (Lipinski definition) is 1. The van der Waals surface area contributed by atoms with E-state index < -0.39 is 0 Å². The summed E-state index contributed by atoms with van der Waals surface area (Å²) in [6, 6.07) is 5.18. The number of hydrogen-bond acceptors (Lipinski definition) is 3. The first-order valence-electron chi connectivity index (χ1n) is 7.93. The van der Waals surface area contributed by atoms with Gasteiger partial charge in [0.2, 0.25) is 0 Å². The van der Waals surface area contributed by atoms with Gasteiger partial charge in [-0.05, 0) is 62.5 Å². The quantitative estimate of drug-likeness (QED) is 0.874. The first-order chi connectivity index (χ1) is 9.99. The van der Waals surface area contributed by atoms with E-state index in [1.807, 2.05) is 6.07 Å². The minimum Gasteiger partial charge on any atom is -0.374 e. The van der Waals surface area contributed by atoms with Crippen molar-refractivity contribution in [2.75, 3.05) is 38.6 Å². The zero-order valence-electron chi connectivity index (χ0n) is 13.5. The fourth-order valence-electron chi connectivity index (χ4n) is 3.18. The molecule has 1 saturated heterocycles. The first-order valence-corrected chi connectivity index (χ1v) is 7.93. The Labute approximate surface area is 127 Å². The van der Waals surface area contributed by atoms with Crippen LogP contribution in [0.3, 0.4) is 0 Å². The summed E-state index contributed by atoms with van der Waals surface area (Å²) in [7, 11) is 4.27. The summed E-state index contributed by atoms with van der Waals surface area (Å²) >= 11 is 0. The average molecular weight is 293 g/mol. The summed E-state index contributed by atoms with van der Waals surface area (Å²) in [6.07, 6.45) is 2.89. The van der Waals surface area contributed by atoms with E-state index in [0.717, 1.165) is 37.2 Å². The highest BCUT2D eigenvalue weighted by molar-refractivity contribution is 5.53. The van der Waals surface area contributed by atoms with Crippen LogP contribution in [0.4, 0.5) is 10.1 Å². The smallest absolute Gasteiger partial charge is 0.123 e. The fourth-order valence-corrected chi connectivity index (χ4v) is 3.18. The summed E-state index contributed by atoms with van der Waals surface area (Å²) in [5, 5.41) is 0. The van der Waals surface area contributed by atoms with Gasteiger partial charge >= 0.3 is 0 Å². The van der Waals surface area contributed by atoms with Crippen molar-refractivity contribution in [1.29, 1.82) is 0 Å². The molecule has 0 aromatic heterocycles. The standard InChI is InChI=1S/C17H28FN3/c1-4-16(19)10-14-9-15(18)5-6-17(14)21(3)12-13-7-8-20(2)11-13/h5-6,9,13,16H,4,7-8,10-12,19H2,1-3H3. The average Bonchev–Trinajstić information content (AvgIpc) is 2.84. The minimum absolute atomic E-state index is 0.0940. The SMILES string of the molecule is CCC(N)Cc1cc(F)ccc1N(C)CC1CCN(C)C1. The largest absolute Gasteiger partial charge is 0.374 e. The van der Waals surface area contributed by atoms with Crippen molar-refractivity contribution in [3.05, 3.63) is 29.6 Å². The summed E-state index contributed by atoms with van der Waals surface area (Å²) in [6.45, 7) is 5.41. The maximum atomic E-state index is 13.6. The molecule has 118 valence electrons. The van der Waals surface area contributed by atoms with E-state index in [-0.39, 0.29) is 11.9 Å². The topological polar surface area (TPSA) is 32.5 Å². The van der Waals surface area contributed by atoms with Gasteiger partial charge in [-0.25, -0.2) is 4.39 Å². The molecule has 1 heterocycles. The van der Waals surface area contributed by atoms with Gasteiger partial charge in [0.1, 0.15) is 5.82 Å². The van der Waals surface area contributed by atoms with Gasteiger partial charge in [-0.1, -0.05) is 6.92 Å². The highest BCUT2D eigenvalue weighted by atomic mass is 19.1. The maximum Gasteiger partial charge on any atom is 0.123 e. The van der Waals surface area contributed by atoms with Crippen LogP contribution >= 0.6 is 0 Å². The second kappa shape index (κ2) is 7.23. The van der Waals surface area contributed by atoms with Gasteiger partial charge in [-0.3, -0.25) is 0 Å². The molecule has 1 aliphatic heterocycles. The van der Waals surface area contributed by atoms with Gasteiger partial charge in [0.25, 0.3) is 0 Å². The second-order valence-electron chi connectivity index (χ2n) is 6.44. The predicted molar refractivity (Wildman–Crippen MR) is 87.2 cm³/mol. The predicted octanol–water partition coefficient (Wildman–Crippen LogP) is 2.49. The maximum absolute atomic E-state index is 13.6. The summed E-state index contributed by atoms with van der Waals surface area (Å²) < 4.78 is 13.6. The van der Waals surface area contributed by atoms with E-state index in [1.165, 1.54) is 13.0 Å². The van der Waals surface area contributed by atoms with Gasteiger partial charge in [0, 0.05) is 31.9 Å². The van der Waals surface area contributed by atoms with E-state index in [9.17, 15) is 4.39 Å². The Balaban J connectivity index is 2.09.